The van der Waals surface area contributed by atoms with Crippen LogP contribution in [0, 0.1) is 11.6 Å². The first-order chi connectivity index (χ1) is 21.4. The van der Waals surface area contributed by atoms with Crippen LogP contribution in [0.15, 0.2) is 107 Å². The minimum absolute atomic E-state index is 0.00276. The molecule has 0 saturated carbocycles. The van der Waals surface area contributed by atoms with Gasteiger partial charge in [0.1, 0.15) is 5.75 Å². The number of hydrogen-bond donors (Lipinski definition) is 2. The van der Waals surface area contributed by atoms with Gasteiger partial charge in [-0.05, 0) is 58.6 Å². The molecule has 0 aliphatic carbocycles. The largest absolute Gasteiger partial charge is 0.494 e. The topological polar surface area (TPSA) is 129 Å². The van der Waals surface area contributed by atoms with E-state index in [-0.39, 0.29) is 25.5 Å². The van der Waals surface area contributed by atoms with E-state index >= 15 is 0 Å². The molecule has 4 aromatic carbocycles. The molecule has 9 nitrogen and oxygen atoms in total. The third-order valence-corrected chi connectivity index (χ3v) is 7.17. The predicted octanol–water partition coefficient (Wildman–Crippen LogP) is 6.48. The number of benzene rings is 4. The summed E-state index contributed by atoms with van der Waals surface area (Å²) < 4.78 is 39.6. The Morgan fingerprint density at radius 2 is 1.77 bits per heavy atom. The zero-order valence-electron chi connectivity index (χ0n) is 23.6. The van der Waals surface area contributed by atoms with E-state index in [2.05, 4.69) is 15.3 Å². The number of nitrogens with zero attached hydrogens (tertiary/aromatic N) is 4. The first kappa shape index (κ1) is 30.2. The van der Waals surface area contributed by atoms with Gasteiger partial charge < -0.3 is 19.9 Å². The Balaban J connectivity index is 1.58. The average molecular weight is 598 g/mol. The Labute approximate surface area is 252 Å². The summed E-state index contributed by atoms with van der Waals surface area (Å²) in [6, 6.07) is 26.5. The number of hydrogen-bond acceptors (Lipinski definition) is 6. The second-order valence-corrected chi connectivity index (χ2v) is 10.1. The van der Waals surface area contributed by atoms with Gasteiger partial charge in [-0.15, -0.1) is 0 Å². The SMILES string of the molecule is [N-]=[N+]=Nc1ccccc1C[C@@]1(C(=O)NCc2ccc(F)c(F)c2)N=C(c2ccc(OCCCO)cc2)O[C@@H]1c1ccccc1. The summed E-state index contributed by atoms with van der Waals surface area (Å²) in [4.78, 5) is 22.2. The van der Waals surface area contributed by atoms with E-state index in [0.29, 0.717) is 46.7 Å². The van der Waals surface area contributed by atoms with Crippen molar-refractivity contribution >= 4 is 17.5 Å². The molecule has 0 bridgehead atoms. The highest BCUT2D eigenvalue weighted by atomic mass is 19.2. The highest BCUT2D eigenvalue weighted by Gasteiger charge is 2.53. The number of aliphatic hydroxyl groups excluding tert-OH is 1. The second-order valence-electron chi connectivity index (χ2n) is 10.1. The Hall–Kier alpha value is -5.25. The molecule has 2 atom stereocenters. The van der Waals surface area contributed by atoms with Crippen LogP contribution in [0.4, 0.5) is 14.5 Å². The van der Waals surface area contributed by atoms with E-state index in [1.54, 1.807) is 48.5 Å². The van der Waals surface area contributed by atoms with Crippen LogP contribution in [-0.4, -0.2) is 35.7 Å². The summed E-state index contributed by atoms with van der Waals surface area (Å²) in [5.74, 6) is -1.72. The monoisotopic (exact) mass is 597 g/mol. The highest BCUT2D eigenvalue weighted by molar-refractivity contribution is 6.01. The van der Waals surface area contributed by atoms with Crippen molar-refractivity contribution in [1.82, 2.24) is 5.32 Å². The fourth-order valence-corrected chi connectivity index (χ4v) is 4.99. The summed E-state index contributed by atoms with van der Waals surface area (Å²) in [6.07, 6.45) is -0.407. The van der Waals surface area contributed by atoms with Crippen LogP contribution in [0.5, 0.6) is 5.75 Å². The molecule has 0 fully saturated rings. The second kappa shape index (κ2) is 13.8. The fraction of sp³-hybridized carbons (Fsp3) is 0.212. The summed E-state index contributed by atoms with van der Waals surface area (Å²) in [7, 11) is 0. The van der Waals surface area contributed by atoms with Gasteiger partial charge in [0.15, 0.2) is 23.3 Å². The lowest BCUT2D eigenvalue weighted by molar-refractivity contribution is -0.129. The quantitative estimate of drug-likeness (QED) is 0.0838. The van der Waals surface area contributed by atoms with Crippen molar-refractivity contribution in [1.29, 1.82) is 0 Å². The van der Waals surface area contributed by atoms with E-state index in [1.807, 2.05) is 30.3 Å². The molecule has 5 rings (SSSR count). The zero-order chi connectivity index (χ0) is 30.9. The lowest BCUT2D eigenvalue weighted by Crippen LogP contribution is -2.49. The number of rotatable bonds is 12. The van der Waals surface area contributed by atoms with Crippen molar-refractivity contribution < 1.29 is 28.2 Å². The fourth-order valence-electron chi connectivity index (χ4n) is 4.99. The van der Waals surface area contributed by atoms with Crippen molar-refractivity contribution in [2.24, 2.45) is 10.1 Å². The van der Waals surface area contributed by atoms with Crippen molar-refractivity contribution in [3.05, 3.63) is 141 Å². The molecule has 11 heteroatoms. The van der Waals surface area contributed by atoms with Crippen molar-refractivity contribution in [2.75, 3.05) is 13.2 Å². The number of carbonyl (C=O) groups excluding carboxylic acids is 1. The lowest BCUT2D eigenvalue weighted by Gasteiger charge is -2.31. The molecule has 0 spiro atoms. The number of ether oxygens (including phenoxy) is 2. The molecule has 0 saturated heterocycles. The van der Waals surface area contributed by atoms with Gasteiger partial charge in [0, 0.05) is 42.2 Å². The van der Waals surface area contributed by atoms with Gasteiger partial charge in [-0.25, -0.2) is 13.8 Å². The Kier molecular flexibility index (Phi) is 9.49. The van der Waals surface area contributed by atoms with Crippen LogP contribution >= 0.6 is 0 Å². The summed E-state index contributed by atoms with van der Waals surface area (Å²) in [5, 5.41) is 15.7. The Morgan fingerprint density at radius 1 is 1.02 bits per heavy atom. The van der Waals surface area contributed by atoms with Crippen LogP contribution in [0.25, 0.3) is 10.4 Å². The zero-order valence-corrected chi connectivity index (χ0v) is 23.6. The third kappa shape index (κ3) is 6.70. The van der Waals surface area contributed by atoms with E-state index in [1.165, 1.54) is 6.07 Å². The summed E-state index contributed by atoms with van der Waals surface area (Å²) in [6.45, 7) is 0.282. The maximum atomic E-state index is 14.3. The number of azide groups is 1. The summed E-state index contributed by atoms with van der Waals surface area (Å²) in [5.41, 5.74) is 10.1. The van der Waals surface area contributed by atoms with E-state index in [4.69, 9.17) is 19.6 Å². The predicted molar refractivity (Wildman–Crippen MR) is 160 cm³/mol. The van der Waals surface area contributed by atoms with Gasteiger partial charge in [0.2, 0.25) is 5.90 Å². The first-order valence-corrected chi connectivity index (χ1v) is 13.9. The van der Waals surface area contributed by atoms with Gasteiger partial charge in [-0.3, -0.25) is 4.79 Å². The number of amides is 1. The van der Waals surface area contributed by atoms with Gasteiger partial charge in [0.25, 0.3) is 5.91 Å². The van der Waals surface area contributed by atoms with Gasteiger partial charge >= 0.3 is 0 Å². The standard InChI is InChI=1S/C33H29F2N5O4/c34-27-16-11-22(19-28(27)35)21-37-32(42)33(20-25-9-4-5-10-29(25)39-40-36)30(23-7-2-1-3-8-23)44-31(38-33)24-12-14-26(15-13-24)43-18-6-17-41/h1-5,7-16,19,30,41H,6,17-18,20-21H2,(H,37,42)/t30-,33-/m1/s1. The number of halogens is 2. The molecular weight excluding hydrogens is 568 g/mol. The molecule has 1 aliphatic heterocycles. The highest BCUT2D eigenvalue weighted by Crippen LogP contribution is 2.43. The molecule has 0 radical (unpaired) electrons. The van der Waals surface area contributed by atoms with Crippen LogP contribution in [0.1, 0.15) is 34.8 Å². The van der Waals surface area contributed by atoms with Crippen molar-refractivity contribution in [3.63, 3.8) is 0 Å². The van der Waals surface area contributed by atoms with Gasteiger partial charge in [-0.2, -0.15) is 0 Å². The molecule has 1 amide bonds. The maximum Gasteiger partial charge on any atom is 0.252 e. The number of aliphatic hydroxyl groups is 1. The molecule has 4 aromatic rings. The smallest absolute Gasteiger partial charge is 0.252 e. The molecule has 2 N–H and O–H groups in total. The molecular formula is C33H29F2N5O4. The molecule has 0 aromatic heterocycles. The summed E-state index contributed by atoms with van der Waals surface area (Å²) >= 11 is 0. The van der Waals surface area contributed by atoms with E-state index < -0.39 is 29.2 Å². The normalized spacial score (nSPS) is 17.2. The number of carbonyl (C=O) groups is 1. The first-order valence-electron chi connectivity index (χ1n) is 13.9. The number of aliphatic imine (C=N–C) groups is 1. The third-order valence-electron chi connectivity index (χ3n) is 7.17. The minimum atomic E-state index is -1.59. The number of nitrogens with one attached hydrogen (secondary N) is 1. The van der Waals surface area contributed by atoms with E-state index in [0.717, 1.165) is 12.1 Å². The van der Waals surface area contributed by atoms with E-state index in [9.17, 15) is 19.1 Å². The van der Waals surface area contributed by atoms with Gasteiger partial charge in [0.05, 0.1) is 6.61 Å². The average Bonchev–Trinajstić information content (AvgIpc) is 3.44. The molecule has 44 heavy (non-hydrogen) atoms. The Bertz CT molecular complexity index is 1690. The van der Waals surface area contributed by atoms with Crippen LogP contribution in [0.3, 0.4) is 0 Å². The van der Waals surface area contributed by atoms with Crippen molar-refractivity contribution in [3.8, 4) is 5.75 Å². The van der Waals surface area contributed by atoms with Gasteiger partial charge in [-0.1, -0.05) is 65.8 Å². The Morgan fingerprint density at radius 3 is 2.50 bits per heavy atom. The van der Waals surface area contributed by atoms with Crippen molar-refractivity contribution in [2.45, 2.75) is 31.0 Å². The van der Waals surface area contributed by atoms with Crippen LogP contribution in [0.2, 0.25) is 0 Å². The molecule has 0 unspecified atom stereocenters. The van der Waals surface area contributed by atoms with Crippen LogP contribution in [-0.2, 0) is 22.5 Å². The molecule has 1 heterocycles. The molecule has 224 valence electrons. The lowest BCUT2D eigenvalue weighted by atomic mass is 9.81. The minimum Gasteiger partial charge on any atom is -0.494 e. The van der Waals surface area contributed by atoms with Crippen LogP contribution < -0.4 is 10.1 Å². The molecule has 1 aliphatic rings. The maximum absolute atomic E-state index is 14.3.